The third kappa shape index (κ3) is 4.25. The first-order valence-corrected chi connectivity index (χ1v) is 9.51. The van der Waals surface area contributed by atoms with Crippen LogP contribution in [-0.4, -0.2) is 27.6 Å². The van der Waals surface area contributed by atoms with E-state index in [-0.39, 0.29) is 19.1 Å². The first-order chi connectivity index (χ1) is 13.2. The third-order valence-electron chi connectivity index (χ3n) is 4.26. The standard InChI is InChI=1S/C20H19N3O3S/c1-14-22-17(12-27-14)8-20(24)23(11-16-3-2-6-21-9-16)10-15-4-5-18-19(7-15)26-13-25-18/h2-7,9,12H,8,10-11,13H2,1H3. The number of aryl methyl sites for hydroxylation is 1. The van der Waals surface area contributed by atoms with Crippen molar-refractivity contribution in [2.24, 2.45) is 0 Å². The lowest BCUT2D eigenvalue weighted by atomic mass is 10.1. The van der Waals surface area contributed by atoms with Gasteiger partial charge < -0.3 is 14.4 Å². The average Bonchev–Trinajstić information content (AvgIpc) is 3.30. The lowest BCUT2D eigenvalue weighted by molar-refractivity contribution is -0.131. The molecule has 2 aromatic heterocycles. The Labute approximate surface area is 161 Å². The lowest BCUT2D eigenvalue weighted by Crippen LogP contribution is -2.31. The number of rotatable bonds is 6. The number of pyridine rings is 1. The summed E-state index contributed by atoms with van der Waals surface area (Å²) in [7, 11) is 0. The van der Waals surface area contributed by atoms with Gasteiger partial charge in [0.1, 0.15) is 0 Å². The van der Waals surface area contributed by atoms with Gasteiger partial charge in [0.2, 0.25) is 12.7 Å². The van der Waals surface area contributed by atoms with Crippen molar-refractivity contribution in [1.82, 2.24) is 14.9 Å². The third-order valence-corrected chi connectivity index (χ3v) is 5.08. The van der Waals surface area contributed by atoms with Crippen molar-refractivity contribution >= 4 is 17.2 Å². The molecule has 0 spiro atoms. The second-order valence-corrected chi connectivity index (χ2v) is 7.40. The van der Waals surface area contributed by atoms with Crippen molar-refractivity contribution < 1.29 is 14.3 Å². The summed E-state index contributed by atoms with van der Waals surface area (Å²) in [5.41, 5.74) is 2.79. The van der Waals surface area contributed by atoms with Crippen molar-refractivity contribution in [3.63, 3.8) is 0 Å². The van der Waals surface area contributed by atoms with E-state index < -0.39 is 0 Å². The van der Waals surface area contributed by atoms with Crippen LogP contribution in [0.1, 0.15) is 21.8 Å². The zero-order chi connectivity index (χ0) is 18.6. The smallest absolute Gasteiger partial charge is 0.231 e. The number of amides is 1. The van der Waals surface area contributed by atoms with Crippen molar-refractivity contribution in [2.45, 2.75) is 26.4 Å². The van der Waals surface area contributed by atoms with Gasteiger partial charge in [-0.25, -0.2) is 4.98 Å². The van der Waals surface area contributed by atoms with Gasteiger partial charge in [0.25, 0.3) is 0 Å². The highest BCUT2D eigenvalue weighted by Crippen LogP contribution is 2.33. The Kier molecular flexibility index (Phi) is 5.02. The van der Waals surface area contributed by atoms with Crippen LogP contribution in [0, 0.1) is 6.92 Å². The number of ether oxygens (including phenoxy) is 2. The molecule has 27 heavy (non-hydrogen) atoms. The molecule has 0 saturated carbocycles. The van der Waals surface area contributed by atoms with E-state index in [0.29, 0.717) is 13.1 Å². The number of benzene rings is 1. The summed E-state index contributed by atoms with van der Waals surface area (Å²) >= 11 is 1.56. The van der Waals surface area contributed by atoms with E-state index in [0.717, 1.165) is 33.3 Å². The molecule has 3 heterocycles. The Balaban J connectivity index is 1.54. The number of fused-ring (bicyclic) bond motifs is 1. The molecule has 4 rings (SSSR count). The van der Waals surface area contributed by atoms with Gasteiger partial charge in [-0.3, -0.25) is 9.78 Å². The highest BCUT2D eigenvalue weighted by molar-refractivity contribution is 7.09. The summed E-state index contributed by atoms with van der Waals surface area (Å²) in [5.74, 6) is 1.49. The fraction of sp³-hybridized carbons (Fsp3) is 0.250. The molecule has 0 saturated heterocycles. The number of aromatic nitrogens is 2. The molecular weight excluding hydrogens is 362 g/mol. The molecule has 1 aromatic carbocycles. The second kappa shape index (κ2) is 7.75. The summed E-state index contributed by atoms with van der Waals surface area (Å²) in [4.78, 5) is 23.4. The van der Waals surface area contributed by atoms with Crippen LogP contribution in [0.4, 0.5) is 0 Å². The summed E-state index contributed by atoms with van der Waals surface area (Å²) in [6.07, 6.45) is 3.80. The second-order valence-electron chi connectivity index (χ2n) is 6.33. The monoisotopic (exact) mass is 381 g/mol. The van der Waals surface area contributed by atoms with E-state index in [1.54, 1.807) is 23.7 Å². The number of thiazole rings is 1. The number of hydrogen-bond acceptors (Lipinski definition) is 6. The molecular formula is C20H19N3O3S. The minimum atomic E-state index is 0.0295. The molecule has 0 atom stereocenters. The maximum atomic E-state index is 13.0. The fourth-order valence-corrected chi connectivity index (χ4v) is 3.57. The van der Waals surface area contributed by atoms with Gasteiger partial charge >= 0.3 is 0 Å². The topological polar surface area (TPSA) is 64.6 Å². The molecule has 138 valence electrons. The van der Waals surface area contributed by atoms with Crippen LogP contribution in [0.2, 0.25) is 0 Å². The summed E-state index contributed by atoms with van der Waals surface area (Å²) in [5, 5.41) is 2.91. The SMILES string of the molecule is Cc1nc(CC(=O)N(Cc2cccnc2)Cc2ccc3c(c2)OCO3)cs1. The van der Waals surface area contributed by atoms with Gasteiger partial charge in [0.15, 0.2) is 11.5 Å². The fourth-order valence-electron chi connectivity index (χ4n) is 2.96. The molecule has 1 aliphatic rings. The number of carbonyl (C=O) groups excluding carboxylic acids is 1. The number of nitrogens with zero attached hydrogens (tertiary/aromatic N) is 3. The Bertz CT molecular complexity index is 943. The van der Waals surface area contributed by atoms with Crippen LogP contribution in [0.3, 0.4) is 0 Å². The quantitative estimate of drug-likeness (QED) is 0.655. The van der Waals surface area contributed by atoms with Crippen LogP contribution in [-0.2, 0) is 24.3 Å². The van der Waals surface area contributed by atoms with Crippen molar-refractivity contribution in [3.05, 3.63) is 69.9 Å². The minimum absolute atomic E-state index is 0.0295. The Morgan fingerprint density at radius 3 is 2.81 bits per heavy atom. The number of carbonyl (C=O) groups is 1. The molecule has 0 radical (unpaired) electrons. The predicted molar refractivity (Wildman–Crippen MR) is 102 cm³/mol. The van der Waals surface area contributed by atoms with E-state index >= 15 is 0 Å². The van der Waals surface area contributed by atoms with Crippen LogP contribution in [0.5, 0.6) is 11.5 Å². The van der Waals surface area contributed by atoms with Gasteiger partial charge in [-0.05, 0) is 36.2 Å². The van der Waals surface area contributed by atoms with Crippen LogP contribution in [0.25, 0.3) is 0 Å². The maximum Gasteiger partial charge on any atom is 0.231 e. The zero-order valence-corrected chi connectivity index (χ0v) is 15.7. The van der Waals surface area contributed by atoms with E-state index in [4.69, 9.17) is 9.47 Å². The number of hydrogen-bond donors (Lipinski definition) is 0. The van der Waals surface area contributed by atoms with Crippen LogP contribution >= 0.6 is 11.3 Å². The largest absolute Gasteiger partial charge is 0.454 e. The predicted octanol–water partition coefficient (Wildman–Crippen LogP) is 3.35. The van der Waals surface area contributed by atoms with Gasteiger partial charge in [0.05, 0.1) is 17.1 Å². The Hall–Kier alpha value is -2.93. The maximum absolute atomic E-state index is 13.0. The first-order valence-electron chi connectivity index (χ1n) is 8.63. The van der Waals surface area contributed by atoms with E-state index in [9.17, 15) is 4.79 Å². The average molecular weight is 381 g/mol. The normalized spacial score (nSPS) is 12.2. The Morgan fingerprint density at radius 2 is 2.04 bits per heavy atom. The van der Waals surface area contributed by atoms with Crippen molar-refractivity contribution in [3.8, 4) is 11.5 Å². The van der Waals surface area contributed by atoms with E-state index in [2.05, 4.69) is 9.97 Å². The van der Waals surface area contributed by atoms with Gasteiger partial charge in [-0.15, -0.1) is 11.3 Å². The lowest BCUT2D eigenvalue weighted by Gasteiger charge is -2.23. The van der Waals surface area contributed by atoms with Crippen molar-refractivity contribution in [2.75, 3.05) is 6.79 Å². The Morgan fingerprint density at radius 1 is 1.19 bits per heavy atom. The van der Waals surface area contributed by atoms with Gasteiger partial charge in [-0.1, -0.05) is 12.1 Å². The first kappa shape index (κ1) is 17.5. The molecule has 0 fully saturated rings. The highest BCUT2D eigenvalue weighted by atomic mass is 32.1. The van der Waals surface area contributed by atoms with Gasteiger partial charge in [0, 0.05) is 30.9 Å². The molecule has 1 amide bonds. The highest BCUT2D eigenvalue weighted by Gasteiger charge is 2.19. The molecule has 7 heteroatoms. The molecule has 0 bridgehead atoms. The minimum Gasteiger partial charge on any atom is -0.454 e. The molecule has 0 N–H and O–H groups in total. The van der Waals surface area contributed by atoms with Crippen LogP contribution in [0.15, 0.2) is 48.1 Å². The summed E-state index contributed by atoms with van der Waals surface area (Å²) in [6.45, 7) is 3.15. The summed E-state index contributed by atoms with van der Waals surface area (Å²) in [6, 6.07) is 9.62. The molecule has 0 unspecified atom stereocenters. The van der Waals surface area contributed by atoms with Crippen molar-refractivity contribution in [1.29, 1.82) is 0 Å². The zero-order valence-electron chi connectivity index (χ0n) is 14.9. The van der Waals surface area contributed by atoms with E-state index in [1.165, 1.54) is 0 Å². The molecule has 0 aliphatic carbocycles. The molecule has 6 nitrogen and oxygen atoms in total. The molecule has 3 aromatic rings. The van der Waals surface area contributed by atoms with Gasteiger partial charge in [-0.2, -0.15) is 0 Å². The van der Waals surface area contributed by atoms with Crippen LogP contribution < -0.4 is 9.47 Å². The summed E-state index contributed by atoms with van der Waals surface area (Å²) < 4.78 is 10.8. The van der Waals surface area contributed by atoms with E-state index in [1.807, 2.05) is 47.5 Å². The molecule has 1 aliphatic heterocycles.